The fourth-order valence-electron chi connectivity index (χ4n) is 1.79. The maximum atomic E-state index is 4.61. The summed E-state index contributed by atoms with van der Waals surface area (Å²) in [5, 5.41) is 6.60. The maximum Gasteiger partial charge on any atom is 0.226 e. The Morgan fingerprint density at radius 1 is 1.44 bits per heavy atom. The minimum Gasteiger partial charge on any atom is -0.340 e. The lowest BCUT2D eigenvalue weighted by molar-refractivity contribution is 0.581. The second-order valence-corrected chi connectivity index (χ2v) is 5.43. The third-order valence-electron chi connectivity index (χ3n) is 2.79. The van der Waals surface area contributed by atoms with Crippen molar-refractivity contribution in [1.29, 1.82) is 0 Å². The lowest BCUT2D eigenvalue weighted by Gasteiger charge is -2.21. The number of likely N-dealkylation sites (N-methyl/N-ethyl adjacent to an activating group) is 1. The molecule has 1 N–H and O–H groups in total. The number of hydrogen-bond donors (Lipinski definition) is 1. The van der Waals surface area contributed by atoms with Crippen molar-refractivity contribution in [3.8, 4) is 0 Å². The first-order chi connectivity index (χ1) is 8.70. The van der Waals surface area contributed by atoms with Gasteiger partial charge in [-0.15, -0.1) is 11.3 Å². The number of thiophene rings is 1. The number of rotatable bonds is 6. The lowest BCUT2D eigenvalue weighted by atomic mass is 10.4. The van der Waals surface area contributed by atoms with E-state index in [9.17, 15) is 0 Å². The molecule has 0 unspecified atom stereocenters. The van der Waals surface area contributed by atoms with E-state index in [4.69, 9.17) is 0 Å². The van der Waals surface area contributed by atoms with Gasteiger partial charge in [0.25, 0.3) is 0 Å². The Hall–Kier alpha value is -1.20. The predicted octanol–water partition coefficient (Wildman–Crippen LogP) is 2.52. The van der Waals surface area contributed by atoms with E-state index in [1.54, 1.807) is 11.3 Å². The summed E-state index contributed by atoms with van der Waals surface area (Å²) in [6.07, 6.45) is 1.91. The van der Waals surface area contributed by atoms with Crippen molar-refractivity contribution in [2.45, 2.75) is 26.8 Å². The standard InChI is InChI=1S/C13H20N4S/c1-4-17(7-6-14-10(2)3)13-15-9-11-5-8-18-12(11)16-13/h5,8-10,14H,4,6-7H2,1-3H3. The van der Waals surface area contributed by atoms with E-state index in [2.05, 4.69) is 52.4 Å². The topological polar surface area (TPSA) is 41.0 Å². The molecule has 2 heterocycles. The van der Waals surface area contributed by atoms with Gasteiger partial charge in [-0.25, -0.2) is 9.97 Å². The van der Waals surface area contributed by atoms with Crippen molar-refractivity contribution in [2.24, 2.45) is 0 Å². The number of nitrogens with one attached hydrogen (secondary N) is 1. The molecule has 2 aromatic rings. The number of nitrogens with zero attached hydrogens (tertiary/aromatic N) is 3. The van der Waals surface area contributed by atoms with Crippen LogP contribution in [0.1, 0.15) is 20.8 Å². The Balaban J connectivity index is 2.06. The van der Waals surface area contributed by atoms with Crippen LogP contribution in [-0.2, 0) is 0 Å². The third kappa shape index (κ3) is 3.17. The molecule has 0 saturated carbocycles. The Morgan fingerprint density at radius 2 is 2.28 bits per heavy atom. The monoisotopic (exact) mass is 264 g/mol. The molecule has 0 aliphatic heterocycles. The zero-order valence-electron chi connectivity index (χ0n) is 11.2. The number of fused-ring (bicyclic) bond motifs is 1. The Bertz CT molecular complexity index is 494. The smallest absolute Gasteiger partial charge is 0.226 e. The Morgan fingerprint density at radius 3 is 3.00 bits per heavy atom. The van der Waals surface area contributed by atoms with E-state index >= 15 is 0 Å². The molecule has 0 aromatic carbocycles. The molecule has 2 aromatic heterocycles. The van der Waals surface area contributed by atoms with Gasteiger partial charge in [-0.2, -0.15) is 0 Å². The molecule has 18 heavy (non-hydrogen) atoms. The van der Waals surface area contributed by atoms with Gasteiger partial charge >= 0.3 is 0 Å². The summed E-state index contributed by atoms with van der Waals surface area (Å²) in [6.45, 7) is 9.27. The molecule has 0 bridgehead atoms. The molecule has 4 nitrogen and oxygen atoms in total. The Labute approximate surface area is 112 Å². The SMILES string of the molecule is CCN(CCNC(C)C)c1ncc2ccsc2n1. The molecule has 2 rings (SSSR count). The normalized spacial score (nSPS) is 11.3. The molecule has 0 spiro atoms. The van der Waals surface area contributed by atoms with Gasteiger partial charge in [0.05, 0.1) is 0 Å². The molecule has 0 amide bonds. The average molecular weight is 264 g/mol. The zero-order chi connectivity index (χ0) is 13.0. The van der Waals surface area contributed by atoms with Crippen LogP contribution in [0, 0.1) is 0 Å². The molecule has 0 saturated heterocycles. The molecule has 0 aliphatic carbocycles. The molecular formula is C13H20N4S. The molecular weight excluding hydrogens is 244 g/mol. The van der Waals surface area contributed by atoms with E-state index in [0.29, 0.717) is 6.04 Å². The fraction of sp³-hybridized carbons (Fsp3) is 0.538. The molecule has 0 atom stereocenters. The van der Waals surface area contributed by atoms with Crippen molar-refractivity contribution in [1.82, 2.24) is 15.3 Å². The van der Waals surface area contributed by atoms with Crippen LogP contribution in [0.25, 0.3) is 10.2 Å². The zero-order valence-corrected chi connectivity index (χ0v) is 12.0. The van der Waals surface area contributed by atoms with Crippen molar-refractivity contribution < 1.29 is 0 Å². The van der Waals surface area contributed by atoms with Crippen molar-refractivity contribution in [2.75, 3.05) is 24.5 Å². The summed E-state index contributed by atoms with van der Waals surface area (Å²) >= 11 is 1.66. The predicted molar refractivity (Wildman–Crippen MR) is 78.4 cm³/mol. The molecule has 98 valence electrons. The van der Waals surface area contributed by atoms with Crippen LogP contribution in [0.5, 0.6) is 0 Å². The largest absolute Gasteiger partial charge is 0.340 e. The molecule has 0 aliphatic rings. The molecule has 0 fully saturated rings. The van der Waals surface area contributed by atoms with E-state index in [1.807, 2.05) is 6.20 Å². The first-order valence-corrected chi connectivity index (χ1v) is 7.27. The second kappa shape index (κ2) is 6.11. The molecule has 0 radical (unpaired) electrons. The van der Waals surface area contributed by atoms with Crippen LogP contribution in [0.4, 0.5) is 5.95 Å². The first kappa shape index (κ1) is 13.2. The van der Waals surface area contributed by atoms with Gasteiger partial charge in [-0.3, -0.25) is 0 Å². The molecule has 5 heteroatoms. The Kier molecular flexibility index (Phi) is 4.49. The highest BCUT2D eigenvalue weighted by Gasteiger charge is 2.08. The van der Waals surface area contributed by atoms with Crippen LogP contribution in [0.3, 0.4) is 0 Å². The third-order valence-corrected chi connectivity index (χ3v) is 3.62. The quantitative estimate of drug-likeness (QED) is 0.870. The van der Waals surface area contributed by atoms with Crippen LogP contribution >= 0.6 is 11.3 Å². The highest BCUT2D eigenvalue weighted by atomic mass is 32.1. The fourth-order valence-corrected chi connectivity index (χ4v) is 2.52. The number of anilines is 1. The number of hydrogen-bond acceptors (Lipinski definition) is 5. The summed E-state index contributed by atoms with van der Waals surface area (Å²) in [5.74, 6) is 0.831. The van der Waals surface area contributed by atoms with Crippen LogP contribution in [0.15, 0.2) is 17.6 Å². The van der Waals surface area contributed by atoms with Crippen molar-refractivity contribution in [3.63, 3.8) is 0 Å². The van der Waals surface area contributed by atoms with Crippen LogP contribution < -0.4 is 10.2 Å². The van der Waals surface area contributed by atoms with Crippen LogP contribution in [0.2, 0.25) is 0 Å². The van der Waals surface area contributed by atoms with E-state index in [1.165, 1.54) is 0 Å². The average Bonchev–Trinajstić information content (AvgIpc) is 2.81. The van der Waals surface area contributed by atoms with Crippen molar-refractivity contribution >= 4 is 27.5 Å². The minimum absolute atomic E-state index is 0.518. The van der Waals surface area contributed by atoms with Gasteiger partial charge in [0.2, 0.25) is 5.95 Å². The summed E-state index contributed by atoms with van der Waals surface area (Å²) in [6, 6.07) is 2.57. The van der Waals surface area contributed by atoms with Gasteiger partial charge < -0.3 is 10.2 Å². The summed E-state index contributed by atoms with van der Waals surface area (Å²) in [5.41, 5.74) is 0. The van der Waals surface area contributed by atoms with Gasteiger partial charge in [0.15, 0.2) is 0 Å². The van der Waals surface area contributed by atoms with Crippen molar-refractivity contribution in [3.05, 3.63) is 17.6 Å². The highest BCUT2D eigenvalue weighted by Crippen LogP contribution is 2.19. The second-order valence-electron chi connectivity index (χ2n) is 4.54. The maximum absolute atomic E-state index is 4.61. The highest BCUT2D eigenvalue weighted by molar-refractivity contribution is 7.16. The van der Waals surface area contributed by atoms with E-state index in [0.717, 1.165) is 35.8 Å². The van der Waals surface area contributed by atoms with Gasteiger partial charge in [-0.1, -0.05) is 13.8 Å². The summed E-state index contributed by atoms with van der Waals surface area (Å²) < 4.78 is 0. The summed E-state index contributed by atoms with van der Waals surface area (Å²) in [4.78, 5) is 12.3. The van der Waals surface area contributed by atoms with E-state index < -0.39 is 0 Å². The minimum atomic E-state index is 0.518. The van der Waals surface area contributed by atoms with E-state index in [-0.39, 0.29) is 0 Å². The number of aromatic nitrogens is 2. The lowest BCUT2D eigenvalue weighted by Crippen LogP contribution is -2.35. The van der Waals surface area contributed by atoms with Crippen LogP contribution in [-0.4, -0.2) is 35.6 Å². The van der Waals surface area contributed by atoms with Gasteiger partial charge in [0.1, 0.15) is 4.83 Å². The summed E-state index contributed by atoms with van der Waals surface area (Å²) in [7, 11) is 0. The van der Waals surface area contributed by atoms with Gasteiger partial charge in [-0.05, 0) is 18.4 Å². The first-order valence-electron chi connectivity index (χ1n) is 6.39. The van der Waals surface area contributed by atoms with Gasteiger partial charge in [0, 0.05) is 37.3 Å².